The lowest BCUT2D eigenvalue weighted by Gasteiger charge is -2.23. The summed E-state index contributed by atoms with van der Waals surface area (Å²) in [5, 5.41) is 2.91. The number of imidazole rings is 1. The Labute approximate surface area is 114 Å². The predicted octanol–water partition coefficient (Wildman–Crippen LogP) is 1.60. The first kappa shape index (κ1) is 14.1. The zero-order chi connectivity index (χ0) is 13.7. The smallest absolute Gasteiger partial charge is 0.220 e. The maximum absolute atomic E-state index is 11.8. The van der Waals surface area contributed by atoms with Crippen LogP contribution in [0.25, 0.3) is 0 Å². The number of aromatic nitrogens is 2. The van der Waals surface area contributed by atoms with E-state index in [1.54, 1.807) is 6.20 Å². The summed E-state index contributed by atoms with van der Waals surface area (Å²) in [6, 6.07) is 0.513. The molecule has 2 N–H and O–H groups in total. The molecule has 1 saturated heterocycles. The van der Waals surface area contributed by atoms with Crippen LogP contribution in [0.2, 0.25) is 0 Å². The molecule has 1 aliphatic rings. The molecule has 106 valence electrons. The van der Waals surface area contributed by atoms with Crippen LogP contribution in [0.4, 0.5) is 0 Å². The molecule has 2 rings (SSSR count). The van der Waals surface area contributed by atoms with Gasteiger partial charge in [0.2, 0.25) is 5.91 Å². The van der Waals surface area contributed by atoms with Crippen LogP contribution >= 0.6 is 0 Å². The van der Waals surface area contributed by atoms with Crippen molar-refractivity contribution >= 4 is 5.91 Å². The molecule has 0 saturated carbocycles. The van der Waals surface area contributed by atoms with Gasteiger partial charge >= 0.3 is 0 Å². The minimum Gasteiger partial charge on any atom is -0.349 e. The third-order valence-electron chi connectivity index (χ3n) is 3.76. The van der Waals surface area contributed by atoms with Crippen LogP contribution in [-0.4, -0.2) is 39.9 Å². The van der Waals surface area contributed by atoms with Crippen LogP contribution in [0.5, 0.6) is 0 Å². The largest absolute Gasteiger partial charge is 0.349 e. The lowest BCUT2D eigenvalue weighted by molar-refractivity contribution is -0.121. The zero-order valence-corrected chi connectivity index (χ0v) is 11.9. The summed E-state index contributed by atoms with van der Waals surface area (Å²) in [4.78, 5) is 21.5. The lowest BCUT2D eigenvalue weighted by atomic mass is 10.1. The zero-order valence-electron chi connectivity index (χ0n) is 11.9. The number of carbonyl (C=O) groups is 1. The molecule has 1 aromatic rings. The lowest BCUT2D eigenvalue weighted by Crippen LogP contribution is -2.32. The molecular formula is C14H24N4O. The Morgan fingerprint density at radius 3 is 2.89 bits per heavy atom. The number of H-pyrrole nitrogens is 1. The van der Waals surface area contributed by atoms with Crippen LogP contribution in [0.15, 0.2) is 6.20 Å². The molecular weight excluding hydrogens is 240 g/mol. The minimum atomic E-state index is 0.111. The van der Waals surface area contributed by atoms with E-state index in [1.807, 2.05) is 6.92 Å². The Hall–Kier alpha value is -1.36. The topological polar surface area (TPSA) is 61.0 Å². The van der Waals surface area contributed by atoms with Gasteiger partial charge in [0, 0.05) is 24.4 Å². The predicted molar refractivity (Wildman–Crippen MR) is 74.7 cm³/mol. The fraction of sp³-hybridized carbons (Fsp3) is 0.714. The van der Waals surface area contributed by atoms with Gasteiger partial charge in [-0.2, -0.15) is 0 Å². The van der Waals surface area contributed by atoms with Crippen molar-refractivity contribution < 1.29 is 4.79 Å². The van der Waals surface area contributed by atoms with Crippen molar-refractivity contribution in [1.82, 2.24) is 20.2 Å². The average Bonchev–Trinajstić information content (AvgIpc) is 3.04. The second-order valence-electron chi connectivity index (χ2n) is 5.42. The number of amides is 1. The highest BCUT2D eigenvalue weighted by Gasteiger charge is 2.18. The Bertz CT molecular complexity index is 409. The third-order valence-corrected chi connectivity index (χ3v) is 3.76. The molecule has 0 aliphatic carbocycles. The summed E-state index contributed by atoms with van der Waals surface area (Å²) >= 11 is 0. The van der Waals surface area contributed by atoms with E-state index >= 15 is 0 Å². The van der Waals surface area contributed by atoms with E-state index in [2.05, 4.69) is 27.1 Å². The highest BCUT2D eigenvalue weighted by atomic mass is 16.1. The summed E-state index contributed by atoms with van der Waals surface area (Å²) in [6.07, 6.45) is 5.90. The molecule has 2 heterocycles. The van der Waals surface area contributed by atoms with Crippen LogP contribution in [-0.2, 0) is 11.3 Å². The number of carbonyl (C=O) groups excluding carboxylic acids is 1. The number of hydrogen-bond donors (Lipinski definition) is 2. The molecule has 0 spiro atoms. The maximum Gasteiger partial charge on any atom is 0.220 e. The van der Waals surface area contributed by atoms with E-state index in [0.29, 0.717) is 19.0 Å². The van der Waals surface area contributed by atoms with Gasteiger partial charge in [0.15, 0.2) is 0 Å². The standard InChI is InChI=1S/C14H24N4O/c1-11-9-15-13(17-11)10-16-14(19)6-5-12(2)18-7-3-4-8-18/h9,12H,3-8,10H2,1-2H3,(H,15,17)(H,16,19). The van der Waals surface area contributed by atoms with Crippen molar-refractivity contribution in [1.29, 1.82) is 0 Å². The number of nitrogens with zero attached hydrogens (tertiary/aromatic N) is 2. The fourth-order valence-electron chi connectivity index (χ4n) is 2.53. The van der Waals surface area contributed by atoms with Gasteiger partial charge in [-0.1, -0.05) is 0 Å². The maximum atomic E-state index is 11.8. The summed E-state index contributed by atoms with van der Waals surface area (Å²) < 4.78 is 0. The van der Waals surface area contributed by atoms with E-state index in [-0.39, 0.29) is 5.91 Å². The molecule has 0 radical (unpaired) electrons. The summed E-state index contributed by atoms with van der Waals surface area (Å²) in [6.45, 7) is 7.04. The van der Waals surface area contributed by atoms with E-state index in [9.17, 15) is 4.79 Å². The third kappa shape index (κ3) is 4.35. The second-order valence-corrected chi connectivity index (χ2v) is 5.42. The summed E-state index contributed by atoms with van der Waals surface area (Å²) in [5.74, 6) is 0.929. The fourth-order valence-corrected chi connectivity index (χ4v) is 2.53. The van der Waals surface area contributed by atoms with E-state index in [0.717, 1.165) is 17.9 Å². The summed E-state index contributed by atoms with van der Waals surface area (Å²) in [5.41, 5.74) is 1.02. The molecule has 5 nitrogen and oxygen atoms in total. The highest BCUT2D eigenvalue weighted by Crippen LogP contribution is 2.14. The molecule has 0 aromatic carbocycles. The Morgan fingerprint density at radius 2 is 2.26 bits per heavy atom. The van der Waals surface area contributed by atoms with Gasteiger partial charge < -0.3 is 15.2 Å². The number of aryl methyl sites for hydroxylation is 1. The van der Waals surface area contributed by atoms with Crippen LogP contribution in [0.1, 0.15) is 44.1 Å². The Kier molecular flexibility index (Phi) is 4.96. The van der Waals surface area contributed by atoms with E-state index < -0.39 is 0 Å². The van der Waals surface area contributed by atoms with Gasteiger partial charge in [0.05, 0.1) is 6.54 Å². The van der Waals surface area contributed by atoms with Crippen molar-refractivity contribution in [3.63, 3.8) is 0 Å². The Balaban J connectivity index is 1.64. The molecule has 1 aliphatic heterocycles. The van der Waals surface area contributed by atoms with Gasteiger partial charge in [-0.05, 0) is 46.2 Å². The molecule has 1 fully saturated rings. The van der Waals surface area contributed by atoms with Gasteiger partial charge in [-0.15, -0.1) is 0 Å². The number of rotatable bonds is 6. The number of likely N-dealkylation sites (tertiary alicyclic amines) is 1. The van der Waals surface area contributed by atoms with Crippen LogP contribution in [0.3, 0.4) is 0 Å². The van der Waals surface area contributed by atoms with Crippen molar-refractivity contribution in [2.45, 2.75) is 52.1 Å². The van der Waals surface area contributed by atoms with Crippen LogP contribution < -0.4 is 5.32 Å². The number of nitrogens with one attached hydrogen (secondary N) is 2. The molecule has 19 heavy (non-hydrogen) atoms. The first-order valence-electron chi connectivity index (χ1n) is 7.16. The van der Waals surface area contributed by atoms with Crippen molar-refractivity contribution in [2.75, 3.05) is 13.1 Å². The monoisotopic (exact) mass is 264 g/mol. The SMILES string of the molecule is Cc1cnc(CNC(=O)CCC(C)N2CCCC2)[nH]1. The second kappa shape index (κ2) is 6.70. The molecule has 5 heteroatoms. The van der Waals surface area contributed by atoms with Crippen molar-refractivity contribution in [3.8, 4) is 0 Å². The van der Waals surface area contributed by atoms with E-state index in [1.165, 1.54) is 25.9 Å². The molecule has 1 unspecified atom stereocenters. The molecule has 1 atom stereocenters. The molecule has 1 aromatic heterocycles. The van der Waals surface area contributed by atoms with Gasteiger partial charge in [0.25, 0.3) is 0 Å². The van der Waals surface area contributed by atoms with E-state index in [4.69, 9.17) is 0 Å². The van der Waals surface area contributed by atoms with Gasteiger partial charge in [-0.25, -0.2) is 4.98 Å². The first-order chi connectivity index (χ1) is 9.15. The summed E-state index contributed by atoms with van der Waals surface area (Å²) in [7, 11) is 0. The minimum absolute atomic E-state index is 0.111. The number of aromatic amines is 1. The Morgan fingerprint density at radius 1 is 1.53 bits per heavy atom. The van der Waals surface area contributed by atoms with Crippen molar-refractivity contribution in [2.24, 2.45) is 0 Å². The van der Waals surface area contributed by atoms with Crippen molar-refractivity contribution in [3.05, 3.63) is 17.7 Å². The van der Waals surface area contributed by atoms with Gasteiger partial charge in [0.1, 0.15) is 5.82 Å². The number of hydrogen-bond acceptors (Lipinski definition) is 3. The van der Waals surface area contributed by atoms with Gasteiger partial charge in [-0.3, -0.25) is 4.79 Å². The average molecular weight is 264 g/mol. The molecule has 1 amide bonds. The normalized spacial score (nSPS) is 17.6. The first-order valence-corrected chi connectivity index (χ1v) is 7.16. The highest BCUT2D eigenvalue weighted by molar-refractivity contribution is 5.75. The molecule has 0 bridgehead atoms. The van der Waals surface area contributed by atoms with Crippen LogP contribution in [0, 0.1) is 6.92 Å². The quantitative estimate of drug-likeness (QED) is 0.820.